The number of halogens is 1. The lowest BCUT2D eigenvalue weighted by Gasteiger charge is -2.35. The van der Waals surface area contributed by atoms with Crippen LogP contribution < -0.4 is 4.72 Å². The summed E-state index contributed by atoms with van der Waals surface area (Å²) in [4.78, 5) is 2.29. The zero-order valence-electron chi connectivity index (χ0n) is 15.0. The van der Waals surface area contributed by atoms with E-state index in [0.29, 0.717) is 18.1 Å². The first-order chi connectivity index (χ1) is 12.3. The zero-order chi connectivity index (χ0) is 18.7. The molecular formula is C17H24ClN5O2S. The predicted molar refractivity (Wildman–Crippen MR) is 102 cm³/mol. The molecule has 0 amide bonds. The fourth-order valence-corrected chi connectivity index (χ4v) is 3.90. The molecule has 0 radical (unpaired) electrons. The van der Waals surface area contributed by atoms with Gasteiger partial charge in [0.2, 0.25) is 10.0 Å². The van der Waals surface area contributed by atoms with Crippen LogP contribution in [0.3, 0.4) is 0 Å². The molecule has 0 spiro atoms. The molecule has 26 heavy (non-hydrogen) atoms. The molecule has 142 valence electrons. The Morgan fingerprint density at radius 3 is 2.65 bits per heavy atom. The number of piperidine rings is 1. The second kappa shape index (κ2) is 8.04. The van der Waals surface area contributed by atoms with Gasteiger partial charge >= 0.3 is 0 Å². The Labute approximate surface area is 159 Å². The summed E-state index contributed by atoms with van der Waals surface area (Å²) < 4.78 is 27.4. The van der Waals surface area contributed by atoms with E-state index < -0.39 is 10.0 Å². The lowest BCUT2D eigenvalue weighted by Crippen LogP contribution is -2.46. The Morgan fingerprint density at radius 1 is 1.23 bits per heavy atom. The Morgan fingerprint density at radius 2 is 1.96 bits per heavy atom. The number of nitrogens with zero attached hydrogens (tertiary/aromatic N) is 4. The minimum absolute atomic E-state index is 0.175. The quantitative estimate of drug-likeness (QED) is 0.806. The van der Waals surface area contributed by atoms with Crippen LogP contribution >= 0.6 is 11.6 Å². The molecule has 1 aromatic carbocycles. The number of hydrogen-bond acceptors (Lipinski definition) is 5. The summed E-state index contributed by atoms with van der Waals surface area (Å²) in [7, 11) is -1.23. The molecule has 1 aliphatic heterocycles. The zero-order valence-corrected chi connectivity index (χ0v) is 16.6. The summed E-state index contributed by atoms with van der Waals surface area (Å²) in [6, 6.07) is 7.70. The molecule has 9 heteroatoms. The van der Waals surface area contributed by atoms with Gasteiger partial charge in [-0.25, -0.2) is 13.1 Å². The lowest BCUT2D eigenvalue weighted by molar-refractivity contribution is 0.137. The largest absolute Gasteiger partial charge is 0.313 e. The van der Waals surface area contributed by atoms with Gasteiger partial charge in [0.15, 0.2) is 5.82 Å². The van der Waals surface area contributed by atoms with Crippen molar-refractivity contribution < 1.29 is 8.42 Å². The van der Waals surface area contributed by atoms with E-state index in [1.54, 1.807) is 0 Å². The molecule has 1 fully saturated rings. The molecule has 1 atom stereocenters. The molecule has 7 nitrogen and oxygen atoms in total. The average molecular weight is 398 g/mol. The highest BCUT2D eigenvalue weighted by Gasteiger charge is 2.25. The first-order valence-corrected chi connectivity index (χ1v) is 10.9. The first kappa shape index (κ1) is 19.3. The Bertz CT molecular complexity index is 851. The molecule has 1 N–H and O–H groups in total. The van der Waals surface area contributed by atoms with Gasteiger partial charge in [0, 0.05) is 30.2 Å². The highest BCUT2D eigenvalue weighted by atomic mass is 35.5. The SMILES string of the molecule is Cn1c(CN2CCCCC2CNS(C)(=O)=O)nnc1-c1ccc(Cl)cc1. The van der Waals surface area contributed by atoms with Crippen LogP contribution in [0.4, 0.5) is 0 Å². The fourth-order valence-electron chi connectivity index (χ4n) is 3.28. The van der Waals surface area contributed by atoms with E-state index in [1.165, 1.54) is 6.26 Å². The monoisotopic (exact) mass is 397 g/mol. The number of rotatable bonds is 6. The highest BCUT2D eigenvalue weighted by Crippen LogP contribution is 2.22. The minimum Gasteiger partial charge on any atom is -0.313 e. The molecule has 1 aromatic heterocycles. The molecule has 3 rings (SSSR count). The van der Waals surface area contributed by atoms with E-state index >= 15 is 0 Å². The average Bonchev–Trinajstić information content (AvgIpc) is 2.95. The number of aromatic nitrogens is 3. The van der Waals surface area contributed by atoms with Crippen molar-refractivity contribution in [2.24, 2.45) is 7.05 Å². The van der Waals surface area contributed by atoms with Gasteiger partial charge in [0.1, 0.15) is 5.82 Å². The first-order valence-electron chi connectivity index (χ1n) is 8.66. The van der Waals surface area contributed by atoms with Gasteiger partial charge in [-0.1, -0.05) is 18.0 Å². The summed E-state index contributed by atoms with van der Waals surface area (Å²) in [5, 5.41) is 9.36. The standard InChI is InChI=1S/C17H24ClN5O2S/c1-22-16(20-21-17(22)13-6-8-14(18)9-7-13)12-23-10-4-3-5-15(23)11-19-26(2,24)25/h6-9,15,19H,3-5,10-12H2,1-2H3. The molecule has 0 bridgehead atoms. The minimum atomic E-state index is -3.18. The van der Waals surface area contributed by atoms with Crippen molar-refractivity contribution in [3.05, 3.63) is 35.1 Å². The summed E-state index contributed by atoms with van der Waals surface area (Å²) >= 11 is 5.95. The number of benzene rings is 1. The van der Waals surface area contributed by atoms with E-state index in [1.807, 2.05) is 35.9 Å². The van der Waals surface area contributed by atoms with Crippen molar-refractivity contribution in [2.75, 3.05) is 19.3 Å². The van der Waals surface area contributed by atoms with Gasteiger partial charge in [0.25, 0.3) is 0 Å². The van der Waals surface area contributed by atoms with Crippen LogP contribution in [0, 0.1) is 0 Å². The Kier molecular flexibility index (Phi) is 5.96. The second-order valence-corrected chi connectivity index (χ2v) is 9.02. The number of nitrogens with one attached hydrogen (secondary N) is 1. The molecule has 1 saturated heterocycles. The summed E-state index contributed by atoms with van der Waals surface area (Å²) in [6.07, 6.45) is 4.39. The third-order valence-corrected chi connectivity index (χ3v) is 5.69. The van der Waals surface area contributed by atoms with Crippen molar-refractivity contribution in [1.29, 1.82) is 0 Å². The summed E-state index contributed by atoms with van der Waals surface area (Å²) in [5.74, 6) is 1.65. The predicted octanol–water partition coefficient (Wildman–Crippen LogP) is 2.04. The van der Waals surface area contributed by atoms with Crippen LogP contribution in [-0.4, -0.2) is 53.5 Å². The summed E-state index contributed by atoms with van der Waals surface area (Å²) in [6.45, 7) is 2.01. The number of sulfonamides is 1. The third-order valence-electron chi connectivity index (χ3n) is 4.74. The molecule has 0 saturated carbocycles. The van der Waals surface area contributed by atoms with E-state index in [-0.39, 0.29) is 6.04 Å². The van der Waals surface area contributed by atoms with Gasteiger partial charge < -0.3 is 4.57 Å². The maximum absolute atomic E-state index is 11.4. The van der Waals surface area contributed by atoms with Crippen molar-refractivity contribution in [3.63, 3.8) is 0 Å². The molecule has 2 aromatic rings. The molecular weight excluding hydrogens is 374 g/mol. The van der Waals surface area contributed by atoms with E-state index in [2.05, 4.69) is 19.8 Å². The van der Waals surface area contributed by atoms with E-state index in [4.69, 9.17) is 11.6 Å². The van der Waals surface area contributed by atoms with Gasteiger partial charge in [-0.05, 0) is 43.7 Å². The maximum atomic E-state index is 11.4. The fraction of sp³-hybridized carbons (Fsp3) is 0.529. The van der Waals surface area contributed by atoms with Crippen molar-refractivity contribution >= 4 is 21.6 Å². The molecule has 1 unspecified atom stereocenters. The van der Waals surface area contributed by atoms with Crippen LogP contribution in [0.15, 0.2) is 24.3 Å². The molecule has 0 aliphatic carbocycles. The molecule has 2 heterocycles. The van der Waals surface area contributed by atoms with Crippen LogP contribution in [0.1, 0.15) is 25.1 Å². The van der Waals surface area contributed by atoms with Gasteiger partial charge in [-0.3, -0.25) is 4.90 Å². The lowest BCUT2D eigenvalue weighted by atomic mass is 10.0. The Hall–Kier alpha value is -1.48. The highest BCUT2D eigenvalue weighted by molar-refractivity contribution is 7.88. The topological polar surface area (TPSA) is 80.1 Å². The van der Waals surface area contributed by atoms with Crippen molar-refractivity contribution in [2.45, 2.75) is 31.8 Å². The normalized spacial score (nSPS) is 19.0. The van der Waals surface area contributed by atoms with Crippen LogP contribution in [0.2, 0.25) is 5.02 Å². The van der Waals surface area contributed by atoms with Crippen molar-refractivity contribution in [3.8, 4) is 11.4 Å². The van der Waals surface area contributed by atoms with Crippen LogP contribution in [-0.2, 0) is 23.6 Å². The third kappa shape index (κ3) is 4.82. The smallest absolute Gasteiger partial charge is 0.208 e. The van der Waals surface area contributed by atoms with E-state index in [9.17, 15) is 8.42 Å². The van der Waals surface area contributed by atoms with E-state index in [0.717, 1.165) is 43.0 Å². The van der Waals surface area contributed by atoms with Crippen LogP contribution in [0.5, 0.6) is 0 Å². The molecule has 1 aliphatic rings. The van der Waals surface area contributed by atoms with Gasteiger partial charge in [0.05, 0.1) is 12.8 Å². The maximum Gasteiger partial charge on any atom is 0.208 e. The van der Waals surface area contributed by atoms with Gasteiger partial charge in [-0.15, -0.1) is 10.2 Å². The summed E-state index contributed by atoms with van der Waals surface area (Å²) in [5.41, 5.74) is 0.963. The number of likely N-dealkylation sites (tertiary alicyclic amines) is 1. The second-order valence-electron chi connectivity index (χ2n) is 6.75. The van der Waals surface area contributed by atoms with Crippen molar-refractivity contribution in [1.82, 2.24) is 24.4 Å². The number of hydrogen-bond donors (Lipinski definition) is 1. The Balaban J connectivity index is 1.73. The van der Waals surface area contributed by atoms with Gasteiger partial charge in [-0.2, -0.15) is 0 Å². The van der Waals surface area contributed by atoms with Crippen LogP contribution in [0.25, 0.3) is 11.4 Å².